The van der Waals surface area contributed by atoms with Gasteiger partial charge in [0.25, 0.3) is 0 Å². The Morgan fingerprint density at radius 2 is 1.81 bits per heavy atom. The van der Waals surface area contributed by atoms with Gasteiger partial charge >= 0.3 is 0 Å². The molecular weight excluding hydrogens is 430 g/mol. The van der Waals surface area contributed by atoms with Crippen LogP contribution in [0, 0.1) is 0 Å². The average molecular weight is 456 g/mol. The number of fused-ring (bicyclic) bond motifs is 1. The van der Waals surface area contributed by atoms with Crippen molar-refractivity contribution in [3.05, 3.63) is 94.1 Å². The van der Waals surface area contributed by atoms with E-state index in [1.807, 2.05) is 65.3 Å². The first kappa shape index (κ1) is 21.7. The van der Waals surface area contributed by atoms with Crippen LogP contribution in [0.1, 0.15) is 41.0 Å². The number of nitrogens with zero attached hydrogens (tertiary/aromatic N) is 2. The van der Waals surface area contributed by atoms with Crippen molar-refractivity contribution < 1.29 is 12.6 Å². The number of hydrogen-bond donors (Lipinski definition) is 1. The van der Waals surface area contributed by atoms with Crippen LogP contribution in [0.5, 0.6) is 0 Å². The van der Waals surface area contributed by atoms with Crippen molar-refractivity contribution in [2.75, 3.05) is 5.75 Å². The molecule has 1 aliphatic heterocycles. The number of rotatable bonds is 7. The zero-order valence-corrected chi connectivity index (χ0v) is 18.9. The van der Waals surface area contributed by atoms with Gasteiger partial charge in [0.15, 0.2) is 0 Å². The van der Waals surface area contributed by atoms with E-state index in [0.29, 0.717) is 30.2 Å². The van der Waals surface area contributed by atoms with E-state index in [4.69, 9.17) is 0 Å². The Balaban J connectivity index is 1.58. The number of benzene rings is 2. The predicted molar refractivity (Wildman–Crippen MR) is 124 cm³/mol. The molecule has 31 heavy (non-hydrogen) atoms. The first-order valence-electron chi connectivity index (χ1n) is 10.1. The Kier molecular flexibility index (Phi) is 6.50. The number of sulfonamides is 1. The fourth-order valence-electron chi connectivity index (χ4n) is 3.71. The maximum Gasteiger partial charge on any atom is 0.234 e. The summed E-state index contributed by atoms with van der Waals surface area (Å²) in [6.07, 6.45) is 2.19. The summed E-state index contributed by atoms with van der Waals surface area (Å²) in [5, 5.41) is 5.82. The van der Waals surface area contributed by atoms with E-state index in [0.717, 1.165) is 27.8 Å². The SMILES string of the molecule is C[C@H](NS(=O)(=O)C=Cc1nn(Cc2ccccc2)c2c1CS(=O)CC2)c1ccccc1. The van der Waals surface area contributed by atoms with Gasteiger partial charge in [0.2, 0.25) is 10.0 Å². The minimum atomic E-state index is -3.67. The fourth-order valence-corrected chi connectivity index (χ4v) is 5.92. The van der Waals surface area contributed by atoms with E-state index in [1.165, 1.54) is 6.08 Å². The van der Waals surface area contributed by atoms with Crippen LogP contribution in [-0.2, 0) is 39.5 Å². The molecule has 0 aliphatic carbocycles. The Morgan fingerprint density at radius 1 is 1.13 bits per heavy atom. The minimum Gasteiger partial charge on any atom is -0.264 e. The molecule has 0 saturated heterocycles. The van der Waals surface area contributed by atoms with Crippen molar-refractivity contribution in [2.24, 2.45) is 0 Å². The second-order valence-electron chi connectivity index (χ2n) is 7.59. The largest absolute Gasteiger partial charge is 0.264 e. The van der Waals surface area contributed by atoms with Gasteiger partial charge in [0.05, 0.1) is 18.0 Å². The molecule has 2 aromatic carbocycles. The molecule has 6 nitrogen and oxygen atoms in total. The summed E-state index contributed by atoms with van der Waals surface area (Å²) in [6.45, 7) is 2.40. The maximum atomic E-state index is 12.6. The van der Waals surface area contributed by atoms with Gasteiger partial charge in [-0.05, 0) is 24.1 Å². The molecule has 4 rings (SSSR count). The summed E-state index contributed by atoms with van der Waals surface area (Å²) in [5.74, 6) is 1.00. The van der Waals surface area contributed by atoms with Gasteiger partial charge < -0.3 is 0 Å². The molecule has 0 spiro atoms. The van der Waals surface area contributed by atoms with Crippen LogP contribution >= 0.6 is 0 Å². The third kappa shape index (κ3) is 5.39. The Labute approximate surface area is 185 Å². The third-order valence-electron chi connectivity index (χ3n) is 5.29. The molecule has 2 atom stereocenters. The van der Waals surface area contributed by atoms with Crippen LogP contribution in [0.4, 0.5) is 0 Å². The lowest BCUT2D eigenvalue weighted by Crippen LogP contribution is -2.24. The van der Waals surface area contributed by atoms with E-state index in [2.05, 4.69) is 9.82 Å². The first-order chi connectivity index (χ1) is 14.9. The molecule has 0 radical (unpaired) electrons. The second kappa shape index (κ2) is 9.30. The minimum absolute atomic E-state index is 0.354. The normalized spacial score (nSPS) is 17.5. The van der Waals surface area contributed by atoms with Gasteiger partial charge in [0, 0.05) is 45.7 Å². The van der Waals surface area contributed by atoms with Crippen molar-refractivity contribution >= 4 is 26.9 Å². The maximum absolute atomic E-state index is 12.6. The fraction of sp³-hybridized carbons (Fsp3) is 0.261. The van der Waals surface area contributed by atoms with E-state index < -0.39 is 20.8 Å². The van der Waals surface area contributed by atoms with Crippen LogP contribution in [0.15, 0.2) is 66.1 Å². The van der Waals surface area contributed by atoms with Crippen LogP contribution in [0.25, 0.3) is 6.08 Å². The van der Waals surface area contributed by atoms with E-state index >= 15 is 0 Å². The lowest BCUT2D eigenvalue weighted by atomic mass is 10.1. The molecular formula is C23H25N3O3S2. The molecule has 0 bridgehead atoms. The van der Waals surface area contributed by atoms with Crippen molar-refractivity contribution in [3.8, 4) is 0 Å². The van der Waals surface area contributed by atoms with Crippen LogP contribution in [0.2, 0.25) is 0 Å². The van der Waals surface area contributed by atoms with Crippen molar-refractivity contribution in [2.45, 2.75) is 31.7 Å². The topological polar surface area (TPSA) is 81.1 Å². The molecule has 8 heteroatoms. The van der Waals surface area contributed by atoms with Crippen LogP contribution < -0.4 is 4.72 Å². The van der Waals surface area contributed by atoms with Gasteiger partial charge in [-0.25, -0.2) is 13.1 Å². The van der Waals surface area contributed by atoms with E-state index in [-0.39, 0.29) is 6.04 Å². The standard InChI is InChI=1S/C23H25N3O3S2/c1-18(20-10-6-3-7-11-20)25-31(28,29)15-13-22-21-17-30(27)14-12-23(21)26(24-22)16-19-8-4-2-5-9-19/h2-11,13,15,18,25H,12,14,16-17H2,1H3/t18-,30?/m0/s1. The highest BCUT2D eigenvalue weighted by molar-refractivity contribution is 7.92. The lowest BCUT2D eigenvalue weighted by Gasteiger charge is -2.14. The summed E-state index contributed by atoms with van der Waals surface area (Å²) in [5.41, 5.74) is 4.48. The Hall–Kier alpha value is -2.55. The molecule has 1 unspecified atom stereocenters. The molecule has 3 aromatic rings. The Morgan fingerprint density at radius 3 is 2.52 bits per heavy atom. The summed E-state index contributed by atoms with van der Waals surface area (Å²) in [4.78, 5) is 0. The molecule has 1 aromatic heterocycles. The van der Waals surface area contributed by atoms with Crippen LogP contribution in [0.3, 0.4) is 0 Å². The molecule has 0 fully saturated rings. The van der Waals surface area contributed by atoms with E-state index in [1.54, 1.807) is 6.92 Å². The monoisotopic (exact) mass is 455 g/mol. The van der Waals surface area contributed by atoms with Crippen molar-refractivity contribution in [1.82, 2.24) is 14.5 Å². The Bertz CT molecular complexity index is 1200. The van der Waals surface area contributed by atoms with Crippen molar-refractivity contribution in [3.63, 3.8) is 0 Å². The summed E-state index contributed by atoms with van der Waals surface area (Å²) in [7, 11) is -4.63. The molecule has 162 valence electrons. The highest BCUT2D eigenvalue weighted by atomic mass is 32.2. The van der Waals surface area contributed by atoms with Crippen LogP contribution in [-0.4, -0.2) is 28.2 Å². The smallest absolute Gasteiger partial charge is 0.234 e. The highest BCUT2D eigenvalue weighted by Crippen LogP contribution is 2.25. The third-order valence-corrected chi connectivity index (χ3v) is 7.74. The van der Waals surface area contributed by atoms with Gasteiger partial charge in [-0.1, -0.05) is 60.7 Å². The van der Waals surface area contributed by atoms with Gasteiger partial charge in [-0.3, -0.25) is 8.89 Å². The highest BCUT2D eigenvalue weighted by Gasteiger charge is 2.24. The quantitative estimate of drug-likeness (QED) is 0.592. The second-order valence-corrected chi connectivity index (χ2v) is 10.8. The molecule has 1 aliphatic rings. The van der Waals surface area contributed by atoms with Crippen molar-refractivity contribution in [1.29, 1.82) is 0 Å². The lowest BCUT2D eigenvalue weighted by molar-refractivity contribution is 0.576. The zero-order chi connectivity index (χ0) is 21.8. The molecule has 0 saturated carbocycles. The predicted octanol–water partition coefficient (Wildman–Crippen LogP) is 3.39. The first-order valence-corrected chi connectivity index (χ1v) is 13.2. The van der Waals surface area contributed by atoms with E-state index in [9.17, 15) is 12.6 Å². The summed E-state index contributed by atoms with van der Waals surface area (Å²) < 4.78 is 42.0. The summed E-state index contributed by atoms with van der Waals surface area (Å²) >= 11 is 0. The van der Waals surface area contributed by atoms with Gasteiger partial charge in [-0.2, -0.15) is 5.10 Å². The van der Waals surface area contributed by atoms with Gasteiger partial charge in [0.1, 0.15) is 0 Å². The number of aromatic nitrogens is 2. The molecule has 2 heterocycles. The number of nitrogens with one attached hydrogen (secondary N) is 1. The zero-order valence-electron chi connectivity index (χ0n) is 17.3. The average Bonchev–Trinajstić information content (AvgIpc) is 3.10. The molecule has 0 amide bonds. The van der Waals surface area contributed by atoms with Gasteiger partial charge in [-0.15, -0.1) is 0 Å². The number of hydrogen-bond acceptors (Lipinski definition) is 4. The molecule has 1 N–H and O–H groups in total. The summed E-state index contributed by atoms with van der Waals surface area (Å²) in [6, 6.07) is 19.0.